The number of carbonyl (C=O) groups excluding carboxylic acids is 1. The van der Waals surface area contributed by atoms with Gasteiger partial charge in [0.25, 0.3) is 0 Å². The molecular weight excluding hydrogens is 408 g/mol. The number of anilines is 1. The van der Waals surface area contributed by atoms with Gasteiger partial charge in [0.15, 0.2) is 10.9 Å². The number of hydrogen-bond acceptors (Lipinski definition) is 5. The molecule has 0 fully saturated rings. The number of para-hydroxylation sites is 1. The van der Waals surface area contributed by atoms with Crippen LogP contribution in [0, 0.1) is 0 Å². The molecule has 0 amide bonds. The molecule has 1 aliphatic heterocycles. The first-order chi connectivity index (χ1) is 14.9. The number of allylic oxidation sites excluding steroid dienone is 1. The fourth-order valence-electron chi connectivity index (χ4n) is 4.25. The van der Waals surface area contributed by atoms with Gasteiger partial charge in [-0.15, -0.1) is 6.58 Å². The Kier molecular flexibility index (Phi) is 6.07. The normalized spacial score (nSPS) is 17.7. The number of ketones is 1. The van der Waals surface area contributed by atoms with E-state index in [0.717, 1.165) is 29.7 Å². The molecule has 2 aromatic carbocycles. The zero-order chi connectivity index (χ0) is 22.1. The van der Waals surface area contributed by atoms with E-state index in [-0.39, 0.29) is 11.7 Å². The van der Waals surface area contributed by atoms with Crippen molar-refractivity contribution in [2.75, 3.05) is 31.7 Å². The van der Waals surface area contributed by atoms with Crippen LogP contribution >= 0.6 is 0 Å². The van der Waals surface area contributed by atoms with Crippen molar-refractivity contribution in [2.24, 2.45) is 0 Å². The van der Waals surface area contributed by atoms with Crippen LogP contribution in [0.15, 0.2) is 54.2 Å². The molecule has 6 nitrogen and oxygen atoms in total. The Labute approximate surface area is 185 Å². The number of H-pyrrole nitrogens is 1. The second kappa shape index (κ2) is 8.77. The number of aromatic nitrogens is 2. The maximum atomic E-state index is 13.2. The smallest absolute Gasteiger partial charge is 0.197 e. The number of carbonyl (C=O) groups is 1. The summed E-state index contributed by atoms with van der Waals surface area (Å²) in [5.74, 6) is 0.293. The summed E-state index contributed by atoms with van der Waals surface area (Å²) in [7, 11) is 2.86. The van der Waals surface area contributed by atoms with E-state index in [4.69, 9.17) is 0 Å². The molecule has 0 saturated heterocycles. The van der Waals surface area contributed by atoms with Crippen LogP contribution in [-0.4, -0.2) is 51.3 Å². The average molecular weight is 437 g/mol. The highest BCUT2D eigenvalue weighted by atomic mass is 32.2. The molecule has 3 aromatic rings. The number of rotatable bonds is 7. The van der Waals surface area contributed by atoms with Gasteiger partial charge in [0.2, 0.25) is 0 Å². The van der Waals surface area contributed by atoms with Crippen LogP contribution in [0.5, 0.6) is 0 Å². The Morgan fingerprint density at radius 3 is 2.87 bits per heavy atom. The quantitative estimate of drug-likeness (QED) is 0.427. The predicted molar refractivity (Wildman–Crippen MR) is 126 cm³/mol. The number of aromatic amines is 1. The van der Waals surface area contributed by atoms with Crippen LogP contribution in [-0.2, 0) is 10.8 Å². The standard InChI is InChI=1S/C24H28N4O2S/c1-5-16(18-7-6-8-19-22(28(3)4)11-12-25-23(18)19)14-31(30)24-26-20-10-9-17(15(2)29)13-21(20)27-24/h5-10,13,16,22,25H,1,11-12,14H2,2-4H3,(H,26,27). The molecule has 0 spiro atoms. The SMILES string of the molecule is C=CC(CS(=O)c1nc2ccc(C(C)=O)cc2[nH]1)c1cccc2c1NCCC2N(C)C. The highest BCUT2D eigenvalue weighted by Crippen LogP contribution is 2.38. The third-order valence-electron chi connectivity index (χ3n) is 5.93. The van der Waals surface area contributed by atoms with Gasteiger partial charge in [-0.1, -0.05) is 24.3 Å². The van der Waals surface area contributed by atoms with Crippen LogP contribution < -0.4 is 5.32 Å². The van der Waals surface area contributed by atoms with Crippen LogP contribution in [0.2, 0.25) is 0 Å². The Morgan fingerprint density at radius 1 is 1.35 bits per heavy atom. The van der Waals surface area contributed by atoms with Crippen molar-refractivity contribution in [1.29, 1.82) is 0 Å². The van der Waals surface area contributed by atoms with E-state index in [1.54, 1.807) is 18.2 Å². The molecule has 2 heterocycles. The van der Waals surface area contributed by atoms with Crippen LogP contribution in [0.4, 0.5) is 5.69 Å². The largest absolute Gasteiger partial charge is 0.384 e. The Morgan fingerprint density at radius 2 is 2.16 bits per heavy atom. The second-order valence-electron chi connectivity index (χ2n) is 8.19. The molecule has 1 aliphatic rings. The molecule has 3 atom stereocenters. The van der Waals surface area contributed by atoms with Gasteiger partial charge >= 0.3 is 0 Å². The molecule has 0 radical (unpaired) electrons. The van der Waals surface area contributed by atoms with Crippen molar-refractivity contribution >= 4 is 33.3 Å². The summed E-state index contributed by atoms with van der Waals surface area (Å²) in [5.41, 5.74) is 5.55. The van der Waals surface area contributed by atoms with Crippen molar-refractivity contribution < 1.29 is 9.00 Å². The second-order valence-corrected chi connectivity index (χ2v) is 9.60. The first-order valence-corrected chi connectivity index (χ1v) is 11.8. The molecule has 0 bridgehead atoms. The molecule has 3 unspecified atom stereocenters. The lowest BCUT2D eigenvalue weighted by Gasteiger charge is -2.33. The molecular formula is C24H28N4O2S. The summed E-state index contributed by atoms with van der Waals surface area (Å²) < 4.78 is 13.2. The van der Waals surface area contributed by atoms with Crippen molar-refractivity contribution in [1.82, 2.24) is 14.9 Å². The monoisotopic (exact) mass is 436 g/mol. The van der Waals surface area contributed by atoms with E-state index in [2.05, 4.69) is 59.1 Å². The maximum Gasteiger partial charge on any atom is 0.197 e. The van der Waals surface area contributed by atoms with E-state index in [1.165, 1.54) is 12.5 Å². The van der Waals surface area contributed by atoms with Gasteiger partial charge in [-0.3, -0.25) is 9.00 Å². The lowest BCUT2D eigenvalue weighted by molar-refractivity contribution is 0.101. The number of nitrogens with one attached hydrogen (secondary N) is 2. The minimum absolute atomic E-state index is 0.0109. The van der Waals surface area contributed by atoms with Crippen molar-refractivity contribution in [3.8, 4) is 0 Å². The Bertz CT molecular complexity index is 1170. The Hall–Kier alpha value is -2.77. The van der Waals surface area contributed by atoms with E-state index < -0.39 is 10.8 Å². The fraction of sp³-hybridized carbons (Fsp3) is 0.333. The summed E-state index contributed by atoms with van der Waals surface area (Å²) in [6.07, 6.45) is 2.92. The van der Waals surface area contributed by atoms with Gasteiger partial charge in [-0.2, -0.15) is 0 Å². The third kappa shape index (κ3) is 4.20. The molecule has 7 heteroatoms. The van der Waals surface area contributed by atoms with E-state index >= 15 is 0 Å². The first kappa shape index (κ1) is 21.5. The first-order valence-electron chi connectivity index (χ1n) is 10.4. The van der Waals surface area contributed by atoms with Gasteiger partial charge in [-0.05, 0) is 56.8 Å². The third-order valence-corrected chi connectivity index (χ3v) is 7.21. The highest BCUT2D eigenvalue weighted by Gasteiger charge is 2.26. The van der Waals surface area contributed by atoms with Gasteiger partial charge in [0, 0.05) is 35.5 Å². The van der Waals surface area contributed by atoms with Gasteiger partial charge in [0.1, 0.15) is 0 Å². The summed E-state index contributed by atoms with van der Waals surface area (Å²) in [5, 5.41) is 3.98. The topological polar surface area (TPSA) is 78.1 Å². The van der Waals surface area contributed by atoms with Crippen molar-refractivity contribution in [3.05, 3.63) is 65.7 Å². The number of Topliss-reactive ketones (excluding diaryl/α,β-unsaturated/α-hetero) is 1. The van der Waals surface area contributed by atoms with Crippen LogP contribution in [0.25, 0.3) is 11.0 Å². The highest BCUT2D eigenvalue weighted by molar-refractivity contribution is 7.84. The molecule has 0 saturated carbocycles. The predicted octanol–water partition coefficient (Wildman–Crippen LogP) is 4.26. The average Bonchev–Trinajstić information content (AvgIpc) is 3.20. The molecule has 2 N–H and O–H groups in total. The molecule has 1 aromatic heterocycles. The number of hydrogen-bond donors (Lipinski definition) is 2. The number of benzene rings is 2. The number of imidazole rings is 1. The maximum absolute atomic E-state index is 13.2. The van der Waals surface area contributed by atoms with E-state index in [1.807, 2.05) is 6.08 Å². The summed E-state index contributed by atoms with van der Waals surface area (Å²) in [4.78, 5) is 21.5. The van der Waals surface area contributed by atoms with Crippen LogP contribution in [0.1, 0.15) is 46.8 Å². The van der Waals surface area contributed by atoms with Gasteiger partial charge < -0.3 is 15.2 Å². The minimum atomic E-state index is -1.34. The summed E-state index contributed by atoms with van der Waals surface area (Å²) in [6, 6.07) is 12.0. The van der Waals surface area contributed by atoms with E-state index in [9.17, 15) is 9.00 Å². The molecule has 4 rings (SSSR count). The van der Waals surface area contributed by atoms with Gasteiger partial charge in [-0.25, -0.2) is 4.98 Å². The molecule has 0 aliphatic carbocycles. The van der Waals surface area contributed by atoms with E-state index in [0.29, 0.717) is 28.0 Å². The van der Waals surface area contributed by atoms with Crippen LogP contribution in [0.3, 0.4) is 0 Å². The lowest BCUT2D eigenvalue weighted by Crippen LogP contribution is -2.28. The van der Waals surface area contributed by atoms with Gasteiger partial charge in [0.05, 0.1) is 21.8 Å². The zero-order valence-electron chi connectivity index (χ0n) is 18.1. The Balaban J connectivity index is 1.62. The summed E-state index contributed by atoms with van der Waals surface area (Å²) >= 11 is 0. The summed E-state index contributed by atoms with van der Waals surface area (Å²) in [6.45, 7) is 6.45. The van der Waals surface area contributed by atoms with Crippen molar-refractivity contribution in [2.45, 2.75) is 30.5 Å². The minimum Gasteiger partial charge on any atom is -0.384 e. The number of nitrogens with zero attached hydrogens (tertiary/aromatic N) is 2. The fourth-order valence-corrected chi connectivity index (χ4v) is 5.47. The number of fused-ring (bicyclic) bond motifs is 2. The molecule has 162 valence electrons. The van der Waals surface area contributed by atoms with Crippen molar-refractivity contribution in [3.63, 3.8) is 0 Å². The zero-order valence-corrected chi connectivity index (χ0v) is 19.0. The molecule has 31 heavy (non-hydrogen) atoms. The lowest BCUT2D eigenvalue weighted by atomic mass is 9.89.